The van der Waals surface area contributed by atoms with Crippen LogP contribution in [0.25, 0.3) is 0 Å². The van der Waals surface area contributed by atoms with Gasteiger partial charge in [0.25, 0.3) is 5.91 Å². The van der Waals surface area contributed by atoms with Crippen molar-refractivity contribution in [3.63, 3.8) is 0 Å². The maximum absolute atomic E-state index is 13.5. The zero-order chi connectivity index (χ0) is 11.4. The first-order valence-electron chi connectivity index (χ1n) is 4.50. The molecular weight excluding hydrogens is 200 g/mol. The van der Waals surface area contributed by atoms with Crippen LogP contribution in [0.4, 0.5) is 4.39 Å². The smallest absolute Gasteiger partial charge is 0.423 e. The van der Waals surface area contributed by atoms with Crippen molar-refractivity contribution in [3.05, 3.63) is 29.6 Å². The monoisotopic (exact) mass is 211 g/mol. The summed E-state index contributed by atoms with van der Waals surface area (Å²) in [4.78, 5) is 11.3. The third-order valence-corrected chi connectivity index (χ3v) is 1.89. The quantitative estimate of drug-likeness (QED) is 0.576. The van der Waals surface area contributed by atoms with Gasteiger partial charge < -0.3 is 15.4 Å². The van der Waals surface area contributed by atoms with Gasteiger partial charge in [0.1, 0.15) is 5.82 Å². The number of amides is 1. The Balaban J connectivity index is 3.09. The van der Waals surface area contributed by atoms with Crippen molar-refractivity contribution in [2.75, 3.05) is 6.54 Å². The lowest BCUT2D eigenvalue weighted by Crippen LogP contribution is -2.35. The van der Waals surface area contributed by atoms with Crippen LogP contribution in [0.5, 0.6) is 0 Å². The summed E-state index contributed by atoms with van der Waals surface area (Å²) in [5.41, 5.74) is -0.499. The lowest BCUT2D eigenvalue weighted by atomic mass is 9.79. The third kappa shape index (κ3) is 2.54. The van der Waals surface area contributed by atoms with Gasteiger partial charge in [0.05, 0.1) is 5.56 Å². The van der Waals surface area contributed by atoms with E-state index in [0.29, 0.717) is 6.54 Å². The van der Waals surface area contributed by atoms with E-state index in [1.54, 1.807) is 6.92 Å². The molecule has 0 aromatic heterocycles. The fourth-order valence-corrected chi connectivity index (χ4v) is 1.18. The van der Waals surface area contributed by atoms with Gasteiger partial charge in [0, 0.05) is 12.0 Å². The highest BCUT2D eigenvalue weighted by Gasteiger charge is 2.21. The largest absolute Gasteiger partial charge is 0.491 e. The highest BCUT2D eigenvalue weighted by atomic mass is 19.1. The predicted octanol–water partition coefficient (Wildman–Crippen LogP) is -0.745. The molecule has 0 saturated carbocycles. The molecule has 3 N–H and O–H groups in total. The van der Waals surface area contributed by atoms with Crippen molar-refractivity contribution in [1.82, 2.24) is 5.32 Å². The van der Waals surface area contributed by atoms with Gasteiger partial charge in [-0.25, -0.2) is 4.39 Å². The normalized spacial score (nSPS) is 9.87. The molecule has 0 spiro atoms. The molecule has 1 aromatic carbocycles. The first-order valence-corrected chi connectivity index (χ1v) is 4.50. The molecule has 1 aromatic rings. The molecule has 0 atom stereocenters. The summed E-state index contributed by atoms with van der Waals surface area (Å²) >= 11 is 0. The van der Waals surface area contributed by atoms with E-state index in [-0.39, 0.29) is 11.0 Å². The standard InChI is InChI=1S/C9H11BFNO3/c1-2-12-9(13)6-4-3-5-7(8(6)11)10(14)15/h3-5,14-15H,2H2,1H3,(H,12,13). The molecule has 0 fully saturated rings. The van der Waals surface area contributed by atoms with Crippen LogP contribution in [0, 0.1) is 5.82 Å². The van der Waals surface area contributed by atoms with E-state index in [1.807, 2.05) is 0 Å². The minimum absolute atomic E-state index is 0.192. The topological polar surface area (TPSA) is 69.6 Å². The molecule has 6 heteroatoms. The average Bonchev–Trinajstić information content (AvgIpc) is 2.17. The molecule has 0 aliphatic heterocycles. The highest BCUT2D eigenvalue weighted by molar-refractivity contribution is 6.58. The van der Waals surface area contributed by atoms with Gasteiger partial charge in [0.2, 0.25) is 0 Å². The van der Waals surface area contributed by atoms with E-state index in [9.17, 15) is 9.18 Å². The van der Waals surface area contributed by atoms with Crippen molar-refractivity contribution >= 4 is 18.5 Å². The molecule has 0 saturated heterocycles. The summed E-state index contributed by atoms with van der Waals surface area (Å²) in [6.07, 6.45) is 0. The second-order valence-corrected chi connectivity index (χ2v) is 2.94. The Morgan fingerprint density at radius 3 is 2.73 bits per heavy atom. The molecule has 0 radical (unpaired) electrons. The van der Waals surface area contributed by atoms with E-state index < -0.39 is 18.8 Å². The van der Waals surface area contributed by atoms with Crippen molar-refractivity contribution in [1.29, 1.82) is 0 Å². The van der Waals surface area contributed by atoms with Gasteiger partial charge in [-0.2, -0.15) is 0 Å². The third-order valence-electron chi connectivity index (χ3n) is 1.89. The Morgan fingerprint density at radius 2 is 2.20 bits per heavy atom. The minimum atomic E-state index is -1.92. The first-order chi connectivity index (χ1) is 7.07. The molecule has 0 unspecified atom stereocenters. The Hall–Kier alpha value is -1.40. The number of hydrogen-bond acceptors (Lipinski definition) is 3. The van der Waals surface area contributed by atoms with Crippen LogP contribution in [-0.4, -0.2) is 29.6 Å². The van der Waals surface area contributed by atoms with Crippen LogP contribution < -0.4 is 10.8 Å². The molecule has 0 aliphatic carbocycles. The van der Waals surface area contributed by atoms with Crippen molar-refractivity contribution < 1.29 is 19.2 Å². The molecular formula is C9H11BFNO3. The Bertz CT molecular complexity index is 370. The molecule has 1 amide bonds. The number of carbonyl (C=O) groups excluding carboxylic acids is 1. The van der Waals surface area contributed by atoms with Gasteiger partial charge >= 0.3 is 7.12 Å². The van der Waals surface area contributed by atoms with E-state index in [2.05, 4.69) is 5.32 Å². The summed E-state index contributed by atoms with van der Waals surface area (Å²) in [6, 6.07) is 3.89. The van der Waals surface area contributed by atoms with Crippen LogP contribution in [0.3, 0.4) is 0 Å². The van der Waals surface area contributed by atoms with Gasteiger partial charge in [-0.1, -0.05) is 12.1 Å². The number of rotatable bonds is 3. The summed E-state index contributed by atoms with van der Waals surface area (Å²) in [7, 11) is -1.92. The maximum Gasteiger partial charge on any atom is 0.491 e. The van der Waals surface area contributed by atoms with Crippen molar-refractivity contribution in [2.24, 2.45) is 0 Å². The zero-order valence-corrected chi connectivity index (χ0v) is 8.20. The zero-order valence-electron chi connectivity index (χ0n) is 8.20. The van der Waals surface area contributed by atoms with Crippen molar-refractivity contribution in [2.45, 2.75) is 6.92 Å². The molecule has 80 valence electrons. The van der Waals surface area contributed by atoms with Gasteiger partial charge in [-0.05, 0) is 13.0 Å². The minimum Gasteiger partial charge on any atom is -0.423 e. The first kappa shape index (κ1) is 11.7. The fourth-order valence-electron chi connectivity index (χ4n) is 1.18. The van der Waals surface area contributed by atoms with E-state index >= 15 is 0 Å². The Kier molecular flexibility index (Phi) is 3.82. The number of halogens is 1. The molecule has 0 bridgehead atoms. The van der Waals surface area contributed by atoms with Gasteiger partial charge in [-0.3, -0.25) is 4.79 Å². The second-order valence-electron chi connectivity index (χ2n) is 2.94. The van der Waals surface area contributed by atoms with Crippen molar-refractivity contribution in [3.8, 4) is 0 Å². The summed E-state index contributed by atoms with van der Waals surface area (Å²) in [5, 5.41) is 20.1. The molecule has 0 aliphatic rings. The number of nitrogens with one attached hydrogen (secondary N) is 1. The van der Waals surface area contributed by atoms with Gasteiger partial charge in [-0.15, -0.1) is 0 Å². The summed E-state index contributed by atoms with van der Waals surface area (Å²) in [6.45, 7) is 2.09. The van der Waals surface area contributed by atoms with E-state index in [0.717, 1.165) is 0 Å². The lowest BCUT2D eigenvalue weighted by Gasteiger charge is -2.07. The second kappa shape index (κ2) is 4.90. The summed E-state index contributed by atoms with van der Waals surface area (Å²) in [5.74, 6) is -1.48. The van der Waals surface area contributed by atoms with Crippen LogP contribution in [0.15, 0.2) is 18.2 Å². The number of carbonyl (C=O) groups is 1. The Labute approximate surface area is 86.9 Å². The molecule has 4 nitrogen and oxygen atoms in total. The van der Waals surface area contributed by atoms with Crippen LogP contribution >= 0.6 is 0 Å². The lowest BCUT2D eigenvalue weighted by molar-refractivity contribution is 0.0952. The average molecular weight is 211 g/mol. The molecule has 0 heterocycles. The Morgan fingerprint density at radius 1 is 1.53 bits per heavy atom. The van der Waals surface area contributed by atoms with Crippen LogP contribution in [0.1, 0.15) is 17.3 Å². The maximum atomic E-state index is 13.5. The van der Waals surface area contributed by atoms with E-state index in [1.165, 1.54) is 18.2 Å². The summed E-state index contributed by atoms with van der Waals surface area (Å²) < 4.78 is 13.5. The van der Waals surface area contributed by atoms with Gasteiger partial charge in [0.15, 0.2) is 0 Å². The highest BCUT2D eigenvalue weighted by Crippen LogP contribution is 2.04. The molecule has 15 heavy (non-hydrogen) atoms. The van der Waals surface area contributed by atoms with E-state index in [4.69, 9.17) is 10.0 Å². The number of benzene rings is 1. The van der Waals surface area contributed by atoms with Crippen LogP contribution in [0.2, 0.25) is 0 Å². The predicted molar refractivity (Wildman–Crippen MR) is 54.2 cm³/mol. The van der Waals surface area contributed by atoms with Crippen LogP contribution in [-0.2, 0) is 0 Å². The number of hydrogen-bond donors (Lipinski definition) is 3. The fraction of sp³-hybridized carbons (Fsp3) is 0.222. The molecule has 1 rings (SSSR count). The SMILES string of the molecule is CCNC(=O)c1cccc(B(O)O)c1F.